The zero-order chi connectivity index (χ0) is 10.2. The van der Waals surface area contributed by atoms with Gasteiger partial charge >= 0.3 is 0 Å². The van der Waals surface area contributed by atoms with Crippen LogP contribution in [0.4, 0.5) is 0 Å². The van der Waals surface area contributed by atoms with Gasteiger partial charge in [-0.3, -0.25) is 4.90 Å². The minimum absolute atomic E-state index is 0. The molecule has 2 heterocycles. The first-order chi connectivity index (χ1) is 6.58. The van der Waals surface area contributed by atoms with Crippen molar-refractivity contribution in [3.05, 3.63) is 0 Å². The summed E-state index contributed by atoms with van der Waals surface area (Å²) in [7, 11) is -3.01. The summed E-state index contributed by atoms with van der Waals surface area (Å²) < 4.78 is 22.6. The van der Waals surface area contributed by atoms with Gasteiger partial charge in [-0.25, -0.2) is 8.42 Å². The highest BCUT2D eigenvalue weighted by Crippen LogP contribution is 2.18. The third-order valence-corrected chi connectivity index (χ3v) is 4.61. The molecule has 0 spiro atoms. The molecular weight excluding hydrogens is 275 g/mol. The lowest BCUT2D eigenvalue weighted by molar-refractivity contribution is 0.0751. The molecule has 2 aliphatic rings. The molecule has 0 saturated carbocycles. The SMILES string of the molecule is Cl.Cl.O=S1(=O)CC(O)C(N2CCNCC2)C1. The number of aliphatic hydroxyl groups excluding tert-OH is 1. The van der Waals surface area contributed by atoms with E-state index in [2.05, 4.69) is 10.2 Å². The zero-order valence-corrected chi connectivity index (χ0v) is 11.3. The Labute approximate surface area is 108 Å². The molecule has 98 valence electrons. The molecule has 0 bridgehead atoms. The smallest absolute Gasteiger partial charge is 0.154 e. The van der Waals surface area contributed by atoms with Crippen molar-refractivity contribution >= 4 is 34.7 Å². The second kappa shape index (κ2) is 6.37. The van der Waals surface area contributed by atoms with Crippen molar-refractivity contribution in [2.75, 3.05) is 37.7 Å². The molecule has 5 nitrogen and oxygen atoms in total. The van der Waals surface area contributed by atoms with E-state index in [1.54, 1.807) is 0 Å². The van der Waals surface area contributed by atoms with Crippen LogP contribution in [-0.4, -0.2) is 68.3 Å². The lowest BCUT2D eigenvalue weighted by atomic mass is 10.1. The van der Waals surface area contributed by atoms with Crippen LogP contribution in [0.2, 0.25) is 0 Å². The van der Waals surface area contributed by atoms with E-state index in [4.69, 9.17) is 0 Å². The van der Waals surface area contributed by atoms with Crippen LogP contribution in [0.3, 0.4) is 0 Å². The van der Waals surface area contributed by atoms with Crippen LogP contribution in [0.1, 0.15) is 0 Å². The first kappa shape index (κ1) is 16.4. The average molecular weight is 293 g/mol. The summed E-state index contributed by atoms with van der Waals surface area (Å²) in [5, 5.41) is 12.8. The zero-order valence-electron chi connectivity index (χ0n) is 8.83. The standard InChI is InChI=1S/C8H16N2O3S.2ClH/c11-8-6-14(12,13)5-7(8)10-3-1-9-2-4-10;;/h7-9,11H,1-6H2;2*1H. The largest absolute Gasteiger partial charge is 0.390 e. The van der Waals surface area contributed by atoms with Gasteiger partial charge in [0, 0.05) is 26.2 Å². The van der Waals surface area contributed by atoms with Crippen LogP contribution < -0.4 is 5.32 Å². The minimum atomic E-state index is -3.01. The van der Waals surface area contributed by atoms with Gasteiger partial charge in [-0.05, 0) is 0 Å². The summed E-state index contributed by atoms with van der Waals surface area (Å²) in [5.41, 5.74) is 0. The molecule has 0 aliphatic carbocycles. The van der Waals surface area contributed by atoms with E-state index in [0.717, 1.165) is 26.2 Å². The fourth-order valence-electron chi connectivity index (χ4n) is 2.17. The van der Waals surface area contributed by atoms with Gasteiger partial charge in [0.25, 0.3) is 0 Å². The molecule has 0 aromatic carbocycles. The van der Waals surface area contributed by atoms with Crippen molar-refractivity contribution in [2.24, 2.45) is 0 Å². The van der Waals surface area contributed by atoms with Crippen LogP contribution in [0.5, 0.6) is 0 Å². The molecule has 0 aromatic heterocycles. The number of aliphatic hydroxyl groups is 1. The molecule has 0 aromatic rings. The molecular formula is C8H18Cl2N2O3S. The Morgan fingerprint density at radius 3 is 2.12 bits per heavy atom. The lowest BCUT2D eigenvalue weighted by Crippen LogP contribution is -2.52. The normalized spacial score (nSPS) is 33.8. The summed E-state index contributed by atoms with van der Waals surface area (Å²) >= 11 is 0. The maximum atomic E-state index is 11.3. The van der Waals surface area contributed by atoms with Gasteiger partial charge in [0.2, 0.25) is 0 Å². The first-order valence-corrected chi connectivity index (χ1v) is 6.74. The number of sulfone groups is 1. The third-order valence-electron chi connectivity index (χ3n) is 2.91. The number of hydrogen-bond acceptors (Lipinski definition) is 5. The molecule has 2 saturated heterocycles. The lowest BCUT2D eigenvalue weighted by Gasteiger charge is -2.33. The van der Waals surface area contributed by atoms with Crippen molar-refractivity contribution in [1.82, 2.24) is 10.2 Å². The quantitative estimate of drug-likeness (QED) is 0.642. The van der Waals surface area contributed by atoms with Crippen molar-refractivity contribution in [1.29, 1.82) is 0 Å². The number of hydrogen-bond donors (Lipinski definition) is 2. The van der Waals surface area contributed by atoms with Crippen LogP contribution in [0, 0.1) is 0 Å². The van der Waals surface area contributed by atoms with E-state index in [0.29, 0.717) is 0 Å². The number of piperazine rings is 1. The van der Waals surface area contributed by atoms with Crippen LogP contribution in [0.15, 0.2) is 0 Å². The van der Waals surface area contributed by atoms with Crippen LogP contribution in [0.25, 0.3) is 0 Å². The van der Waals surface area contributed by atoms with Crippen molar-refractivity contribution in [3.63, 3.8) is 0 Å². The molecule has 2 aliphatic heterocycles. The van der Waals surface area contributed by atoms with E-state index in [1.807, 2.05) is 0 Å². The Balaban J connectivity index is 0.00000112. The van der Waals surface area contributed by atoms with Gasteiger partial charge in [0.1, 0.15) is 0 Å². The molecule has 8 heteroatoms. The van der Waals surface area contributed by atoms with Crippen LogP contribution in [-0.2, 0) is 9.84 Å². The van der Waals surface area contributed by atoms with E-state index < -0.39 is 15.9 Å². The maximum Gasteiger partial charge on any atom is 0.154 e. The molecule has 2 unspecified atom stereocenters. The Morgan fingerprint density at radius 2 is 1.69 bits per heavy atom. The monoisotopic (exact) mass is 292 g/mol. The van der Waals surface area contributed by atoms with E-state index in [1.165, 1.54) is 0 Å². The molecule has 2 atom stereocenters. The summed E-state index contributed by atoms with van der Waals surface area (Å²) in [4.78, 5) is 2.08. The predicted molar refractivity (Wildman–Crippen MR) is 67.4 cm³/mol. The highest BCUT2D eigenvalue weighted by Gasteiger charge is 2.39. The number of nitrogens with one attached hydrogen (secondary N) is 1. The molecule has 16 heavy (non-hydrogen) atoms. The maximum absolute atomic E-state index is 11.3. The average Bonchev–Trinajstić information content (AvgIpc) is 2.41. The summed E-state index contributed by atoms with van der Waals surface area (Å²) in [6.45, 7) is 3.42. The van der Waals surface area contributed by atoms with E-state index in [-0.39, 0.29) is 42.4 Å². The summed E-state index contributed by atoms with van der Waals surface area (Å²) in [6, 6.07) is -0.179. The summed E-state index contributed by atoms with van der Waals surface area (Å²) in [6.07, 6.45) is -0.696. The highest BCUT2D eigenvalue weighted by molar-refractivity contribution is 7.91. The molecule has 2 rings (SSSR count). The Morgan fingerprint density at radius 1 is 1.12 bits per heavy atom. The second-order valence-corrected chi connectivity index (χ2v) is 6.15. The minimum Gasteiger partial charge on any atom is -0.390 e. The second-order valence-electron chi connectivity index (χ2n) is 4.00. The van der Waals surface area contributed by atoms with Gasteiger partial charge < -0.3 is 10.4 Å². The number of halogens is 2. The van der Waals surface area contributed by atoms with E-state index >= 15 is 0 Å². The molecule has 0 amide bonds. The summed E-state index contributed by atoms with van der Waals surface area (Å²) in [5.74, 6) is 0.0514. The van der Waals surface area contributed by atoms with Crippen molar-refractivity contribution in [2.45, 2.75) is 12.1 Å². The van der Waals surface area contributed by atoms with Gasteiger partial charge in [0.15, 0.2) is 9.84 Å². The fraction of sp³-hybridized carbons (Fsp3) is 1.00. The topological polar surface area (TPSA) is 69.6 Å². The highest BCUT2D eigenvalue weighted by atomic mass is 35.5. The van der Waals surface area contributed by atoms with Crippen molar-refractivity contribution < 1.29 is 13.5 Å². The number of rotatable bonds is 1. The molecule has 2 N–H and O–H groups in total. The fourth-order valence-corrected chi connectivity index (χ4v) is 4.00. The molecule has 0 radical (unpaired) electrons. The Bertz CT molecular complexity index is 306. The van der Waals surface area contributed by atoms with Crippen molar-refractivity contribution in [3.8, 4) is 0 Å². The Hall–Kier alpha value is 0.410. The van der Waals surface area contributed by atoms with Gasteiger partial charge in [0.05, 0.1) is 23.7 Å². The first-order valence-electron chi connectivity index (χ1n) is 4.92. The van der Waals surface area contributed by atoms with Gasteiger partial charge in [-0.2, -0.15) is 0 Å². The van der Waals surface area contributed by atoms with E-state index in [9.17, 15) is 13.5 Å². The van der Waals surface area contributed by atoms with Gasteiger partial charge in [-0.1, -0.05) is 0 Å². The number of nitrogens with zero attached hydrogens (tertiary/aromatic N) is 1. The molecule has 2 fully saturated rings. The van der Waals surface area contributed by atoms with Gasteiger partial charge in [-0.15, -0.1) is 24.8 Å². The Kier molecular flexibility index (Phi) is 6.53. The van der Waals surface area contributed by atoms with Crippen LogP contribution >= 0.6 is 24.8 Å². The third kappa shape index (κ3) is 3.72. The predicted octanol–water partition coefficient (Wildman–Crippen LogP) is -1.11.